The Morgan fingerprint density at radius 2 is 2.00 bits per heavy atom. The van der Waals surface area contributed by atoms with E-state index in [4.69, 9.17) is 4.74 Å². The maximum atomic E-state index is 11.7. The summed E-state index contributed by atoms with van der Waals surface area (Å²) in [5, 5.41) is 2.48. The summed E-state index contributed by atoms with van der Waals surface area (Å²) in [6.45, 7) is 1.65. The van der Waals surface area contributed by atoms with Crippen molar-refractivity contribution in [3.05, 3.63) is 59.9 Å². The second kappa shape index (κ2) is 6.47. The molecule has 0 aliphatic carbocycles. The van der Waals surface area contributed by atoms with Crippen LogP contribution in [0.2, 0.25) is 0 Å². The van der Waals surface area contributed by atoms with Crippen molar-refractivity contribution in [2.75, 3.05) is 6.54 Å². The Kier molecular flexibility index (Phi) is 4.44. The smallest absolute Gasteiger partial charge is 0.330 e. The Labute approximate surface area is 116 Å². The fraction of sp³-hybridized carbons (Fsp3) is 0.133. The van der Waals surface area contributed by atoms with Gasteiger partial charge in [-0.1, -0.05) is 18.2 Å². The van der Waals surface area contributed by atoms with E-state index in [1.807, 2.05) is 19.1 Å². The minimum Gasteiger partial charge on any atom is -0.425 e. The maximum absolute atomic E-state index is 11.7. The molecule has 2 rings (SSSR count). The molecule has 5 nitrogen and oxygen atoms in total. The van der Waals surface area contributed by atoms with Gasteiger partial charge >= 0.3 is 5.97 Å². The van der Waals surface area contributed by atoms with Gasteiger partial charge in [0.25, 0.3) is 5.91 Å². The monoisotopic (exact) mass is 270 g/mol. The van der Waals surface area contributed by atoms with Gasteiger partial charge in [-0.3, -0.25) is 9.78 Å². The number of nitrogens with zero attached hydrogens (tertiary/aromatic N) is 1. The molecule has 102 valence electrons. The number of aryl methyl sites for hydroxylation is 1. The van der Waals surface area contributed by atoms with Gasteiger partial charge in [0.2, 0.25) is 0 Å². The fourth-order valence-corrected chi connectivity index (χ4v) is 1.58. The molecule has 0 saturated heterocycles. The predicted octanol–water partition coefficient (Wildman–Crippen LogP) is 1.73. The number of nitrogens with one attached hydrogen (secondary N) is 1. The number of esters is 1. The van der Waals surface area contributed by atoms with Crippen LogP contribution in [0.25, 0.3) is 0 Å². The summed E-state index contributed by atoms with van der Waals surface area (Å²) in [6.07, 6.45) is 3.01. The van der Waals surface area contributed by atoms with Gasteiger partial charge in [-0.25, -0.2) is 4.79 Å². The van der Waals surface area contributed by atoms with Crippen LogP contribution in [0.4, 0.5) is 0 Å². The lowest BCUT2D eigenvalue weighted by Gasteiger charge is -2.07. The molecule has 0 spiro atoms. The summed E-state index contributed by atoms with van der Waals surface area (Å²) in [6, 6.07) is 10.5. The van der Waals surface area contributed by atoms with Crippen LogP contribution in [0.15, 0.2) is 48.8 Å². The molecule has 5 heteroatoms. The van der Waals surface area contributed by atoms with Gasteiger partial charge in [0, 0.05) is 12.4 Å². The number of rotatable bonds is 4. The highest BCUT2D eigenvalue weighted by Gasteiger charge is 2.10. The third kappa shape index (κ3) is 3.65. The standard InChI is InChI=1S/C15H14N2O3/c1-11-5-2-3-7-13(11)20-14(18)10-17-15(19)12-6-4-8-16-9-12/h2-9H,10H2,1H3,(H,17,19). The van der Waals surface area contributed by atoms with Crippen LogP contribution in [-0.4, -0.2) is 23.4 Å². The molecular formula is C15H14N2O3. The number of pyridine rings is 1. The molecule has 0 aliphatic heterocycles. The average molecular weight is 270 g/mol. The fourth-order valence-electron chi connectivity index (χ4n) is 1.58. The molecule has 1 N–H and O–H groups in total. The number of para-hydroxylation sites is 1. The van der Waals surface area contributed by atoms with Gasteiger partial charge in [0.05, 0.1) is 5.56 Å². The minimum atomic E-state index is -0.517. The molecule has 0 atom stereocenters. The van der Waals surface area contributed by atoms with Crippen LogP contribution in [0.5, 0.6) is 5.75 Å². The zero-order chi connectivity index (χ0) is 14.4. The van der Waals surface area contributed by atoms with Crippen molar-refractivity contribution in [1.82, 2.24) is 10.3 Å². The summed E-state index contributed by atoms with van der Waals surface area (Å²) >= 11 is 0. The van der Waals surface area contributed by atoms with Crippen molar-refractivity contribution >= 4 is 11.9 Å². The first-order valence-electron chi connectivity index (χ1n) is 6.11. The van der Waals surface area contributed by atoms with E-state index < -0.39 is 5.97 Å². The number of aromatic nitrogens is 1. The lowest BCUT2D eigenvalue weighted by atomic mass is 10.2. The molecule has 0 fully saturated rings. The van der Waals surface area contributed by atoms with E-state index in [2.05, 4.69) is 10.3 Å². The molecule has 1 aromatic heterocycles. The highest BCUT2D eigenvalue weighted by atomic mass is 16.5. The number of benzene rings is 1. The topological polar surface area (TPSA) is 68.3 Å². The van der Waals surface area contributed by atoms with Crippen molar-refractivity contribution < 1.29 is 14.3 Å². The normalized spacial score (nSPS) is 9.85. The molecule has 0 bridgehead atoms. The summed E-state index contributed by atoms with van der Waals surface area (Å²) < 4.78 is 5.16. The van der Waals surface area contributed by atoms with Gasteiger partial charge in [-0.2, -0.15) is 0 Å². The largest absolute Gasteiger partial charge is 0.425 e. The predicted molar refractivity (Wildman–Crippen MR) is 73.4 cm³/mol. The third-order valence-electron chi connectivity index (χ3n) is 2.63. The Morgan fingerprint density at radius 1 is 1.20 bits per heavy atom. The Morgan fingerprint density at radius 3 is 2.70 bits per heavy atom. The average Bonchev–Trinajstić information content (AvgIpc) is 2.48. The van der Waals surface area contributed by atoms with Crippen LogP contribution < -0.4 is 10.1 Å². The van der Waals surface area contributed by atoms with Crippen molar-refractivity contribution in [2.24, 2.45) is 0 Å². The molecular weight excluding hydrogens is 256 g/mol. The van der Waals surface area contributed by atoms with E-state index in [0.717, 1.165) is 5.56 Å². The Hall–Kier alpha value is -2.69. The van der Waals surface area contributed by atoms with Gasteiger partial charge in [0.15, 0.2) is 0 Å². The molecule has 1 amide bonds. The third-order valence-corrected chi connectivity index (χ3v) is 2.63. The SMILES string of the molecule is Cc1ccccc1OC(=O)CNC(=O)c1cccnc1. The maximum Gasteiger partial charge on any atom is 0.330 e. The number of carbonyl (C=O) groups excluding carboxylic acids is 2. The van der Waals surface area contributed by atoms with E-state index in [1.165, 1.54) is 6.20 Å². The van der Waals surface area contributed by atoms with Crippen molar-refractivity contribution in [1.29, 1.82) is 0 Å². The van der Waals surface area contributed by atoms with E-state index in [9.17, 15) is 9.59 Å². The van der Waals surface area contributed by atoms with Crippen LogP contribution in [0, 0.1) is 6.92 Å². The first-order chi connectivity index (χ1) is 9.66. The lowest BCUT2D eigenvalue weighted by molar-refractivity contribution is -0.133. The van der Waals surface area contributed by atoms with Gasteiger partial charge in [0.1, 0.15) is 12.3 Å². The van der Waals surface area contributed by atoms with E-state index in [0.29, 0.717) is 11.3 Å². The van der Waals surface area contributed by atoms with Crippen LogP contribution in [0.3, 0.4) is 0 Å². The zero-order valence-electron chi connectivity index (χ0n) is 11.0. The molecule has 0 aliphatic rings. The quantitative estimate of drug-likeness (QED) is 0.678. The van der Waals surface area contributed by atoms with Crippen molar-refractivity contribution in [2.45, 2.75) is 6.92 Å². The number of carbonyl (C=O) groups is 2. The molecule has 20 heavy (non-hydrogen) atoms. The Balaban J connectivity index is 1.87. The first kappa shape index (κ1) is 13.7. The summed E-state index contributed by atoms with van der Waals surface area (Å²) in [5.41, 5.74) is 1.26. The van der Waals surface area contributed by atoms with E-state index >= 15 is 0 Å². The molecule has 0 unspecified atom stereocenters. The van der Waals surface area contributed by atoms with E-state index in [1.54, 1.807) is 30.5 Å². The highest BCUT2D eigenvalue weighted by Crippen LogP contribution is 2.15. The number of hydrogen-bond donors (Lipinski definition) is 1. The number of ether oxygens (including phenoxy) is 1. The van der Waals surface area contributed by atoms with Crippen molar-refractivity contribution in [3.8, 4) is 5.75 Å². The first-order valence-corrected chi connectivity index (χ1v) is 6.11. The molecule has 1 aromatic carbocycles. The van der Waals surface area contributed by atoms with Crippen LogP contribution in [0.1, 0.15) is 15.9 Å². The highest BCUT2D eigenvalue weighted by molar-refractivity contribution is 5.95. The van der Waals surface area contributed by atoms with E-state index in [-0.39, 0.29) is 12.5 Å². The van der Waals surface area contributed by atoms with Gasteiger partial charge in [-0.15, -0.1) is 0 Å². The molecule has 1 heterocycles. The summed E-state index contributed by atoms with van der Waals surface area (Å²) in [5.74, 6) is -0.385. The van der Waals surface area contributed by atoms with Crippen LogP contribution in [-0.2, 0) is 4.79 Å². The van der Waals surface area contributed by atoms with Crippen LogP contribution >= 0.6 is 0 Å². The number of amides is 1. The van der Waals surface area contributed by atoms with Crippen molar-refractivity contribution in [3.63, 3.8) is 0 Å². The summed E-state index contributed by atoms with van der Waals surface area (Å²) in [4.78, 5) is 27.2. The van der Waals surface area contributed by atoms with Gasteiger partial charge < -0.3 is 10.1 Å². The second-order valence-electron chi connectivity index (χ2n) is 4.16. The summed E-state index contributed by atoms with van der Waals surface area (Å²) in [7, 11) is 0. The zero-order valence-corrected chi connectivity index (χ0v) is 11.0. The lowest BCUT2D eigenvalue weighted by Crippen LogP contribution is -2.32. The molecule has 0 radical (unpaired) electrons. The molecule has 2 aromatic rings. The minimum absolute atomic E-state index is 0.192. The molecule has 0 saturated carbocycles. The number of hydrogen-bond acceptors (Lipinski definition) is 4. The Bertz CT molecular complexity index is 612. The second-order valence-corrected chi connectivity index (χ2v) is 4.16. The van der Waals surface area contributed by atoms with Gasteiger partial charge in [-0.05, 0) is 30.7 Å².